The molecule has 0 bridgehead atoms. The molecule has 0 saturated heterocycles. The van der Waals surface area contributed by atoms with Gasteiger partial charge in [-0.15, -0.1) is 0 Å². The van der Waals surface area contributed by atoms with Gasteiger partial charge < -0.3 is 19.2 Å². The highest BCUT2D eigenvalue weighted by atomic mass is 16.5. The number of nitrogens with one attached hydrogen (secondary N) is 1. The summed E-state index contributed by atoms with van der Waals surface area (Å²) >= 11 is 0. The van der Waals surface area contributed by atoms with E-state index in [9.17, 15) is 9.59 Å². The van der Waals surface area contributed by atoms with E-state index in [0.29, 0.717) is 24.2 Å². The van der Waals surface area contributed by atoms with Crippen LogP contribution in [0.4, 0.5) is 0 Å². The van der Waals surface area contributed by atoms with Gasteiger partial charge in [0, 0.05) is 6.42 Å². The van der Waals surface area contributed by atoms with Gasteiger partial charge in [0.25, 0.3) is 0 Å². The van der Waals surface area contributed by atoms with Crippen molar-refractivity contribution in [2.45, 2.75) is 6.42 Å². The van der Waals surface area contributed by atoms with Gasteiger partial charge in [0.15, 0.2) is 0 Å². The fraction of sp³-hybridized carbons (Fsp3) is 0.167. The number of carboxylic acid groups (broad SMARTS) is 1. The zero-order chi connectivity index (χ0) is 22.6. The summed E-state index contributed by atoms with van der Waals surface area (Å²) in [6, 6.07) is 24.6. The van der Waals surface area contributed by atoms with Crippen molar-refractivity contribution in [1.29, 1.82) is 0 Å². The van der Waals surface area contributed by atoms with E-state index in [4.69, 9.17) is 19.2 Å². The van der Waals surface area contributed by atoms with Gasteiger partial charge in [-0.1, -0.05) is 42.5 Å². The summed E-state index contributed by atoms with van der Waals surface area (Å²) in [7, 11) is 1.31. The first kappa shape index (κ1) is 22.9. The van der Waals surface area contributed by atoms with Crippen molar-refractivity contribution in [2.24, 2.45) is 0 Å². The van der Waals surface area contributed by atoms with Crippen LogP contribution in [0.1, 0.15) is 5.56 Å². The number of carbonyl (C=O) groups excluding carboxylic acids is 1. The molecule has 0 amide bonds. The Bertz CT molecular complexity index is 1030. The number of para-hydroxylation sites is 1. The fourth-order valence-corrected chi connectivity index (χ4v) is 2.80. The summed E-state index contributed by atoms with van der Waals surface area (Å²) in [6.45, 7) is -0.0249. The van der Waals surface area contributed by atoms with Crippen LogP contribution in [-0.4, -0.2) is 44.2 Å². The summed E-state index contributed by atoms with van der Waals surface area (Å²) in [4.78, 5) is 22.0. The lowest BCUT2D eigenvalue weighted by molar-refractivity contribution is -0.136. The van der Waals surface area contributed by atoms with E-state index in [1.807, 2.05) is 60.7 Å². The number of benzene rings is 3. The third-order valence-electron chi connectivity index (χ3n) is 4.27. The molecule has 0 unspecified atom stereocenters. The summed E-state index contributed by atoms with van der Waals surface area (Å²) in [5, 5.41) is 11.0. The van der Waals surface area contributed by atoms with Crippen molar-refractivity contribution < 1.29 is 28.8 Å². The van der Waals surface area contributed by atoms with Crippen LogP contribution in [0.15, 0.2) is 78.9 Å². The van der Waals surface area contributed by atoms with Crippen LogP contribution >= 0.6 is 0 Å². The highest BCUT2D eigenvalue weighted by Crippen LogP contribution is 2.22. The molecule has 3 aromatic rings. The number of carboxylic acids is 1. The largest absolute Gasteiger partial charge is 0.532 e. The van der Waals surface area contributed by atoms with E-state index in [1.165, 1.54) is 7.48 Å². The lowest BCUT2D eigenvalue weighted by Gasteiger charge is -2.10. The van der Waals surface area contributed by atoms with Crippen LogP contribution in [0, 0.1) is 0 Å². The van der Waals surface area contributed by atoms with Crippen LogP contribution in [0.2, 0.25) is 0 Å². The topological polar surface area (TPSA) is 94.1 Å². The van der Waals surface area contributed by atoms with Gasteiger partial charge in [-0.05, 0) is 47.4 Å². The van der Waals surface area contributed by atoms with Crippen molar-refractivity contribution in [3.63, 3.8) is 0 Å². The standard InChI is InChI=1S/C24H23BNO6/c27-23(28)16-26-17-24(29)32-25-19-7-5-10-21(15-19)30-13-12-18-6-4-11-22(14-18)31-20-8-2-1-3-9-20/h1-11,14-15,26H,12-13,16-17H2,(H,27,28). The molecule has 7 nitrogen and oxygen atoms in total. The summed E-state index contributed by atoms with van der Waals surface area (Å²) in [6.07, 6.45) is 0.699. The smallest absolute Gasteiger partial charge is 0.412 e. The van der Waals surface area contributed by atoms with Crippen molar-refractivity contribution in [3.05, 3.63) is 84.4 Å². The van der Waals surface area contributed by atoms with Gasteiger partial charge in [-0.2, -0.15) is 0 Å². The average Bonchev–Trinajstić information content (AvgIpc) is 2.79. The zero-order valence-electron chi connectivity index (χ0n) is 17.4. The maximum Gasteiger partial charge on any atom is 0.412 e. The molecular formula is C24H23BNO6. The minimum atomic E-state index is -1.04. The van der Waals surface area contributed by atoms with Gasteiger partial charge in [-0.3, -0.25) is 14.9 Å². The number of hydrogen-bond donors (Lipinski definition) is 2. The maximum absolute atomic E-state index is 11.6. The van der Waals surface area contributed by atoms with Crippen LogP contribution in [-0.2, 0) is 20.7 Å². The molecule has 2 N–H and O–H groups in total. The van der Waals surface area contributed by atoms with Crippen molar-refractivity contribution >= 4 is 24.9 Å². The molecule has 0 saturated carbocycles. The first-order valence-electron chi connectivity index (χ1n) is 10.1. The predicted molar refractivity (Wildman–Crippen MR) is 121 cm³/mol. The lowest BCUT2D eigenvalue weighted by Crippen LogP contribution is -2.32. The second-order valence-electron chi connectivity index (χ2n) is 6.84. The quantitative estimate of drug-likeness (QED) is 0.425. The SMILES string of the molecule is O=C(O)CNCC(=O)O[B]c1cccc(OCCc2cccc(Oc3ccccc3)c2)c1. The maximum atomic E-state index is 11.6. The average molecular weight is 432 g/mol. The Hall–Kier alpha value is -3.78. The highest BCUT2D eigenvalue weighted by molar-refractivity contribution is 6.49. The Balaban J connectivity index is 1.44. The van der Waals surface area contributed by atoms with Gasteiger partial charge >= 0.3 is 19.4 Å². The second-order valence-corrected chi connectivity index (χ2v) is 6.84. The van der Waals surface area contributed by atoms with E-state index in [1.54, 1.807) is 18.2 Å². The van der Waals surface area contributed by atoms with Crippen LogP contribution in [0.3, 0.4) is 0 Å². The first-order valence-corrected chi connectivity index (χ1v) is 10.1. The predicted octanol–water partition coefficient (Wildman–Crippen LogP) is 2.56. The van der Waals surface area contributed by atoms with E-state index >= 15 is 0 Å². The molecule has 0 heterocycles. The number of aliphatic carboxylic acids is 1. The lowest BCUT2D eigenvalue weighted by atomic mass is 9.88. The van der Waals surface area contributed by atoms with E-state index in [-0.39, 0.29) is 13.1 Å². The molecule has 3 rings (SSSR count). The summed E-state index contributed by atoms with van der Waals surface area (Å²) in [5.74, 6) is 0.588. The van der Waals surface area contributed by atoms with Crippen molar-refractivity contribution in [1.82, 2.24) is 5.32 Å². The highest BCUT2D eigenvalue weighted by Gasteiger charge is 2.08. The third kappa shape index (κ3) is 8.16. The molecule has 0 aliphatic carbocycles. The normalized spacial score (nSPS) is 10.2. The Kier molecular flexibility index (Phi) is 8.71. The van der Waals surface area contributed by atoms with Crippen LogP contribution < -0.4 is 20.3 Å². The summed E-state index contributed by atoms with van der Waals surface area (Å²) in [5.41, 5.74) is 1.75. The molecule has 0 aromatic heterocycles. The van der Waals surface area contributed by atoms with E-state index in [2.05, 4.69) is 5.32 Å². The molecule has 0 spiro atoms. The molecule has 0 fully saturated rings. The van der Waals surface area contributed by atoms with Gasteiger partial charge in [-0.25, -0.2) is 0 Å². The Morgan fingerprint density at radius 3 is 2.41 bits per heavy atom. The number of ether oxygens (including phenoxy) is 2. The molecule has 0 aliphatic heterocycles. The van der Waals surface area contributed by atoms with Gasteiger partial charge in [0.05, 0.1) is 19.7 Å². The number of carbonyl (C=O) groups is 2. The monoisotopic (exact) mass is 432 g/mol. The van der Waals surface area contributed by atoms with E-state index < -0.39 is 11.9 Å². The molecule has 0 atom stereocenters. The molecule has 32 heavy (non-hydrogen) atoms. The molecule has 0 aliphatic rings. The summed E-state index contributed by atoms with van der Waals surface area (Å²) < 4.78 is 16.7. The molecule has 163 valence electrons. The molecule has 8 heteroatoms. The van der Waals surface area contributed by atoms with Gasteiger partial charge in [0.1, 0.15) is 17.2 Å². The Labute approximate surface area is 187 Å². The number of rotatable bonds is 12. The molecular weight excluding hydrogens is 409 g/mol. The van der Waals surface area contributed by atoms with Gasteiger partial charge in [0.2, 0.25) is 0 Å². The van der Waals surface area contributed by atoms with Crippen LogP contribution in [0.25, 0.3) is 0 Å². The van der Waals surface area contributed by atoms with Crippen molar-refractivity contribution in [3.8, 4) is 17.2 Å². The molecule has 3 aromatic carbocycles. The zero-order valence-corrected chi connectivity index (χ0v) is 17.4. The van der Waals surface area contributed by atoms with Crippen molar-refractivity contribution in [2.75, 3.05) is 19.7 Å². The minimum Gasteiger partial charge on any atom is -0.532 e. The minimum absolute atomic E-state index is 0.188. The Morgan fingerprint density at radius 2 is 1.59 bits per heavy atom. The third-order valence-corrected chi connectivity index (χ3v) is 4.27. The number of hydrogen-bond acceptors (Lipinski definition) is 6. The van der Waals surface area contributed by atoms with E-state index in [0.717, 1.165) is 17.1 Å². The fourth-order valence-electron chi connectivity index (χ4n) is 2.80. The Morgan fingerprint density at radius 1 is 0.844 bits per heavy atom. The first-order chi connectivity index (χ1) is 15.6. The molecule has 1 radical (unpaired) electrons. The second kappa shape index (κ2) is 12.2. The van der Waals surface area contributed by atoms with Crippen LogP contribution in [0.5, 0.6) is 17.2 Å².